The van der Waals surface area contributed by atoms with Crippen molar-refractivity contribution in [2.75, 3.05) is 20.2 Å². The van der Waals surface area contributed by atoms with Crippen LogP contribution in [0.5, 0.6) is 5.75 Å². The van der Waals surface area contributed by atoms with Crippen molar-refractivity contribution in [3.63, 3.8) is 0 Å². The first-order valence-corrected chi connectivity index (χ1v) is 12.9. The molecule has 1 fully saturated rings. The zero-order chi connectivity index (χ0) is 24.8. The van der Waals surface area contributed by atoms with Crippen molar-refractivity contribution in [3.8, 4) is 17.0 Å². The maximum atomic E-state index is 12.9. The van der Waals surface area contributed by atoms with Gasteiger partial charge < -0.3 is 19.9 Å². The lowest BCUT2D eigenvalue weighted by Gasteiger charge is -2.34. The fourth-order valence-electron chi connectivity index (χ4n) is 5.14. The Morgan fingerprint density at radius 1 is 1.06 bits per heavy atom. The van der Waals surface area contributed by atoms with Crippen molar-refractivity contribution in [1.82, 2.24) is 15.2 Å². The number of aryl methyl sites for hydroxylation is 1. The van der Waals surface area contributed by atoms with Gasteiger partial charge in [0.2, 0.25) is 11.8 Å². The molecule has 1 aliphatic heterocycles. The molecule has 1 aliphatic rings. The number of aromatic amines is 1. The van der Waals surface area contributed by atoms with Crippen molar-refractivity contribution in [3.05, 3.63) is 54.1 Å². The molecule has 0 aliphatic carbocycles. The van der Waals surface area contributed by atoms with Crippen LogP contribution in [0.1, 0.15) is 51.5 Å². The van der Waals surface area contributed by atoms with Gasteiger partial charge in [0.1, 0.15) is 5.75 Å². The van der Waals surface area contributed by atoms with E-state index >= 15 is 0 Å². The minimum absolute atomic E-state index is 0.0701. The molecular formula is C29H37N3O3. The van der Waals surface area contributed by atoms with Gasteiger partial charge in [-0.05, 0) is 73.6 Å². The van der Waals surface area contributed by atoms with Gasteiger partial charge in [0.15, 0.2) is 0 Å². The second-order valence-electron chi connectivity index (χ2n) is 9.43. The van der Waals surface area contributed by atoms with E-state index in [1.807, 2.05) is 41.3 Å². The van der Waals surface area contributed by atoms with E-state index in [9.17, 15) is 9.59 Å². The van der Waals surface area contributed by atoms with Gasteiger partial charge in [-0.25, -0.2) is 0 Å². The SMILES string of the molecule is CCC(CC)C(=O)N1CCC(NC(=O)CCc2c(-c3ccc(OC)cc3)[nH]c3ccccc23)CC1. The smallest absolute Gasteiger partial charge is 0.225 e. The molecule has 1 saturated heterocycles. The summed E-state index contributed by atoms with van der Waals surface area (Å²) in [6, 6.07) is 16.4. The number of amides is 2. The van der Waals surface area contributed by atoms with Crippen LogP contribution in [0.25, 0.3) is 22.2 Å². The Hall–Kier alpha value is -3.28. The van der Waals surface area contributed by atoms with E-state index in [-0.39, 0.29) is 23.8 Å². The van der Waals surface area contributed by atoms with Crippen LogP contribution in [0, 0.1) is 5.92 Å². The van der Waals surface area contributed by atoms with Gasteiger partial charge >= 0.3 is 0 Å². The zero-order valence-corrected chi connectivity index (χ0v) is 21.1. The first kappa shape index (κ1) is 24.8. The number of rotatable bonds is 9. The molecule has 2 aromatic carbocycles. The fraction of sp³-hybridized carbons (Fsp3) is 0.448. The van der Waals surface area contributed by atoms with Crippen LogP contribution in [0.3, 0.4) is 0 Å². The van der Waals surface area contributed by atoms with Crippen LogP contribution in [0.2, 0.25) is 0 Å². The number of nitrogens with zero attached hydrogens (tertiary/aromatic N) is 1. The average Bonchev–Trinajstić information content (AvgIpc) is 3.27. The number of benzene rings is 2. The largest absolute Gasteiger partial charge is 0.497 e. The van der Waals surface area contributed by atoms with Gasteiger partial charge in [0.05, 0.1) is 7.11 Å². The Morgan fingerprint density at radius 2 is 1.74 bits per heavy atom. The van der Waals surface area contributed by atoms with Crippen LogP contribution in [-0.4, -0.2) is 47.9 Å². The Morgan fingerprint density at radius 3 is 2.40 bits per heavy atom. The zero-order valence-electron chi connectivity index (χ0n) is 21.1. The van der Waals surface area contributed by atoms with Gasteiger partial charge in [-0.2, -0.15) is 0 Å². The number of ether oxygens (including phenoxy) is 1. The Bertz CT molecular complexity index is 1140. The molecule has 2 N–H and O–H groups in total. The lowest BCUT2D eigenvalue weighted by molar-refractivity contribution is -0.137. The minimum atomic E-state index is 0.0701. The first-order chi connectivity index (χ1) is 17.0. The Balaban J connectivity index is 1.38. The van der Waals surface area contributed by atoms with E-state index in [0.717, 1.165) is 72.2 Å². The lowest BCUT2D eigenvalue weighted by Crippen LogP contribution is -2.48. The van der Waals surface area contributed by atoms with Crippen LogP contribution in [-0.2, 0) is 16.0 Å². The highest BCUT2D eigenvalue weighted by Gasteiger charge is 2.27. The number of likely N-dealkylation sites (tertiary alicyclic amines) is 1. The summed E-state index contributed by atoms with van der Waals surface area (Å²) in [5.41, 5.74) is 4.36. The first-order valence-electron chi connectivity index (χ1n) is 12.9. The van der Waals surface area contributed by atoms with E-state index < -0.39 is 0 Å². The third-order valence-electron chi connectivity index (χ3n) is 7.30. The number of hydrogen-bond acceptors (Lipinski definition) is 3. The molecule has 6 heteroatoms. The predicted molar refractivity (Wildman–Crippen MR) is 140 cm³/mol. The van der Waals surface area contributed by atoms with Gasteiger partial charge in [-0.3, -0.25) is 9.59 Å². The predicted octanol–water partition coefficient (Wildman–Crippen LogP) is 5.32. The molecule has 35 heavy (non-hydrogen) atoms. The third kappa shape index (κ3) is 5.69. The summed E-state index contributed by atoms with van der Waals surface area (Å²) in [4.78, 5) is 31.0. The van der Waals surface area contributed by atoms with Crippen LogP contribution in [0.15, 0.2) is 48.5 Å². The summed E-state index contributed by atoms with van der Waals surface area (Å²) in [6.07, 6.45) is 4.50. The monoisotopic (exact) mass is 475 g/mol. The summed E-state index contributed by atoms with van der Waals surface area (Å²) in [7, 11) is 1.66. The number of H-pyrrole nitrogens is 1. The van der Waals surface area contributed by atoms with E-state index in [2.05, 4.69) is 36.3 Å². The van der Waals surface area contributed by atoms with E-state index in [0.29, 0.717) is 12.8 Å². The number of fused-ring (bicyclic) bond motifs is 1. The van der Waals surface area contributed by atoms with Gasteiger partial charge in [-0.15, -0.1) is 0 Å². The number of piperidine rings is 1. The highest BCUT2D eigenvalue weighted by molar-refractivity contribution is 5.91. The number of aromatic nitrogens is 1. The number of para-hydroxylation sites is 1. The molecule has 2 amide bonds. The molecule has 186 valence electrons. The molecule has 3 aromatic rings. The highest BCUT2D eigenvalue weighted by atomic mass is 16.5. The van der Waals surface area contributed by atoms with Crippen molar-refractivity contribution >= 4 is 22.7 Å². The Labute approximate surface area is 208 Å². The highest BCUT2D eigenvalue weighted by Crippen LogP contribution is 2.32. The fourth-order valence-corrected chi connectivity index (χ4v) is 5.14. The second kappa shape index (κ2) is 11.4. The maximum Gasteiger partial charge on any atom is 0.225 e. The third-order valence-corrected chi connectivity index (χ3v) is 7.30. The topological polar surface area (TPSA) is 74.4 Å². The molecule has 0 spiro atoms. The standard InChI is InChI=1S/C29H37N3O3/c1-4-20(5-2)29(34)32-18-16-22(17-19-32)30-27(33)15-14-25-24-8-6-7-9-26(24)31-28(25)21-10-12-23(35-3)13-11-21/h6-13,20,22,31H,4-5,14-19H2,1-3H3,(H,30,33). The quantitative estimate of drug-likeness (QED) is 0.440. The molecule has 0 atom stereocenters. The minimum Gasteiger partial charge on any atom is -0.497 e. The molecule has 6 nitrogen and oxygen atoms in total. The van der Waals surface area contributed by atoms with Crippen molar-refractivity contribution in [2.24, 2.45) is 5.92 Å². The summed E-state index contributed by atoms with van der Waals surface area (Å²) in [5, 5.41) is 4.37. The molecular weight excluding hydrogens is 438 g/mol. The lowest BCUT2D eigenvalue weighted by atomic mass is 9.98. The summed E-state index contributed by atoms with van der Waals surface area (Å²) < 4.78 is 5.30. The van der Waals surface area contributed by atoms with Crippen molar-refractivity contribution < 1.29 is 14.3 Å². The molecule has 0 bridgehead atoms. The van der Waals surface area contributed by atoms with Crippen LogP contribution in [0.4, 0.5) is 0 Å². The van der Waals surface area contributed by atoms with Crippen LogP contribution >= 0.6 is 0 Å². The molecule has 4 rings (SSSR count). The van der Waals surface area contributed by atoms with Crippen molar-refractivity contribution in [2.45, 2.75) is 58.4 Å². The molecule has 0 radical (unpaired) electrons. The van der Waals surface area contributed by atoms with Gasteiger partial charge in [0.25, 0.3) is 0 Å². The molecule has 0 unspecified atom stereocenters. The van der Waals surface area contributed by atoms with E-state index in [1.54, 1.807) is 7.11 Å². The summed E-state index contributed by atoms with van der Waals surface area (Å²) in [5.74, 6) is 1.28. The maximum absolute atomic E-state index is 12.9. The average molecular weight is 476 g/mol. The number of carbonyl (C=O) groups is 2. The molecule has 2 heterocycles. The van der Waals surface area contributed by atoms with E-state index in [4.69, 9.17) is 4.74 Å². The Kier molecular flexibility index (Phi) is 8.11. The van der Waals surface area contributed by atoms with E-state index in [1.165, 1.54) is 0 Å². The van der Waals surface area contributed by atoms with Crippen molar-refractivity contribution in [1.29, 1.82) is 0 Å². The van der Waals surface area contributed by atoms with Crippen LogP contribution < -0.4 is 10.1 Å². The van der Waals surface area contributed by atoms with Gasteiger partial charge in [0, 0.05) is 48.1 Å². The number of nitrogens with one attached hydrogen (secondary N) is 2. The molecule has 1 aromatic heterocycles. The number of carbonyl (C=O) groups excluding carboxylic acids is 2. The normalized spacial score (nSPS) is 14.5. The summed E-state index contributed by atoms with van der Waals surface area (Å²) in [6.45, 7) is 5.61. The van der Waals surface area contributed by atoms with Gasteiger partial charge in [-0.1, -0.05) is 32.0 Å². The molecule has 0 saturated carbocycles. The number of methoxy groups -OCH3 is 1. The summed E-state index contributed by atoms with van der Waals surface area (Å²) >= 11 is 0. The number of hydrogen-bond donors (Lipinski definition) is 2. The second-order valence-corrected chi connectivity index (χ2v) is 9.43.